The van der Waals surface area contributed by atoms with E-state index in [1.807, 2.05) is 0 Å². The van der Waals surface area contributed by atoms with E-state index in [4.69, 9.17) is 0 Å². The first-order chi connectivity index (χ1) is 39.9. The quantitative estimate of drug-likeness (QED) is 0.0654. The molecule has 3 aliphatic carbocycles. The van der Waals surface area contributed by atoms with E-state index < -0.39 is 5.41 Å². The van der Waals surface area contributed by atoms with E-state index in [9.17, 15) is 0 Å². The fourth-order valence-electron chi connectivity index (χ4n) is 15.7. The van der Waals surface area contributed by atoms with Gasteiger partial charge in [-0.15, -0.1) is 0 Å². The zero-order chi connectivity index (χ0) is 55.7. The minimum absolute atomic E-state index is 0.517. The van der Waals surface area contributed by atoms with E-state index in [0.29, 0.717) is 29.6 Å². The summed E-state index contributed by atoms with van der Waals surface area (Å²) in [4.78, 5) is 2.58. The summed E-state index contributed by atoms with van der Waals surface area (Å²) < 4.78 is 0. The maximum atomic E-state index is 2.70. The van der Waals surface area contributed by atoms with E-state index in [1.165, 1.54) is 199 Å². The van der Waals surface area contributed by atoms with E-state index >= 15 is 0 Å². The van der Waals surface area contributed by atoms with Crippen molar-refractivity contribution in [1.82, 2.24) is 0 Å². The van der Waals surface area contributed by atoms with Gasteiger partial charge in [0.05, 0.1) is 11.1 Å². The fourth-order valence-corrected chi connectivity index (χ4v) is 15.7. The highest BCUT2D eigenvalue weighted by molar-refractivity contribution is 5.93. The van der Waals surface area contributed by atoms with Crippen molar-refractivity contribution in [3.05, 3.63) is 232 Å². The van der Waals surface area contributed by atoms with Gasteiger partial charge in [-0.05, 0) is 202 Å². The predicted octanol–water partition coefficient (Wildman–Crippen LogP) is 24.2. The lowest BCUT2D eigenvalue weighted by atomic mass is 9.67. The van der Waals surface area contributed by atoms with E-state index in [1.54, 1.807) is 16.7 Å². The first-order valence-corrected chi connectivity index (χ1v) is 32.6. The Morgan fingerprint density at radius 3 is 1.46 bits per heavy atom. The molecule has 1 heteroatoms. The number of anilines is 3. The Bertz CT molecular complexity index is 3200. The molecule has 0 heterocycles. The molecular weight excluding hydrogens is 975 g/mol. The van der Waals surface area contributed by atoms with Crippen LogP contribution in [0.2, 0.25) is 0 Å². The van der Waals surface area contributed by atoms with Crippen molar-refractivity contribution in [2.24, 2.45) is 0 Å². The van der Waals surface area contributed by atoms with Gasteiger partial charge in [0.1, 0.15) is 0 Å². The van der Waals surface area contributed by atoms with Gasteiger partial charge in [-0.2, -0.15) is 0 Å². The molecule has 0 amide bonds. The molecule has 0 radical (unpaired) electrons. The number of fused-ring (bicyclic) bond motifs is 3. The molecule has 2 saturated carbocycles. The number of rotatable bonds is 22. The summed E-state index contributed by atoms with van der Waals surface area (Å²) in [5.41, 5.74) is 24.2. The number of para-hydroxylation sites is 1. The van der Waals surface area contributed by atoms with Crippen molar-refractivity contribution in [2.75, 3.05) is 4.90 Å². The second kappa shape index (κ2) is 26.2. The van der Waals surface area contributed by atoms with Gasteiger partial charge in [0, 0.05) is 16.9 Å². The van der Waals surface area contributed by atoms with Crippen LogP contribution in [0.25, 0.3) is 33.4 Å². The minimum Gasteiger partial charge on any atom is -0.310 e. The summed E-state index contributed by atoms with van der Waals surface area (Å²) in [6.45, 7) is 14.4. The largest absolute Gasteiger partial charge is 0.310 e. The molecule has 418 valence electrons. The van der Waals surface area contributed by atoms with Gasteiger partial charge in [-0.1, -0.05) is 257 Å². The molecule has 3 atom stereocenters. The van der Waals surface area contributed by atoms with Crippen LogP contribution >= 0.6 is 0 Å². The number of hydrogen-bond donors (Lipinski definition) is 0. The molecule has 11 rings (SSSR count). The van der Waals surface area contributed by atoms with Crippen molar-refractivity contribution < 1.29 is 0 Å². The van der Waals surface area contributed by atoms with Gasteiger partial charge in [-0.25, -0.2) is 0 Å². The first kappa shape index (κ1) is 56.4. The highest BCUT2D eigenvalue weighted by atomic mass is 15.1. The standard InChI is InChI=1S/C80H93N/c1-7-13-29-57(10-4)66-54-74(58(11-5)27-8-2)79(75(55-66)59(12-6)28-9-3)65-44-50-69(51-45-65)81(78-39-26-24-36-71(78)64-34-21-16-22-35-64)70-52-53-73-72-37-23-25-38-76(72)80(77(73)56-70,67-46-40-62(41-47-67)60-30-17-14-18-31-60)68-48-42-63(43-49-68)61-32-19-15-20-33-61/h16,21-26,34-61H,7-15,17-20,27-33H2,1-6H3. The third kappa shape index (κ3) is 11.3. The summed E-state index contributed by atoms with van der Waals surface area (Å²) >= 11 is 0. The van der Waals surface area contributed by atoms with Gasteiger partial charge < -0.3 is 4.90 Å². The van der Waals surface area contributed by atoms with Gasteiger partial charge in [0.15, 0.2) is 0 Å². The van der Waals surface area contributed by atoms with Crippen LogP contribution in [0, 0.1) is 0 Å². The molecule has 1 nitrogen and oxygen atoms in total. The highest BCUT2D eigenvalue weighted by Gasteiger charge is 2.47. The summed E-state index contributed by atoms with van der Waals surface area (Å²) in [5.74, 6) is 2.92. The number of benzene rings is 8. The van der Waals surface area contributed by atoms with Gasteiger partial charge in [-0.3, -0.25) is 0 Å². The fraction of sp³-hybridized carbons (Fsp3) is 0.400. The molecule has 8 aromatic carbocycles. The van der Waals surface area contributed by atoms with Crippen LogP contribution in [0.1, 0.15) is 250 Å². The van der Waals surface area contributed by atoms with Gasteiger partial charge >= 0.3 is 0 Å². The Morgan fingerprint density at radius 2 is 0.914 bits per heavy atom. The van der Waals surface area contributed by atoms with Gasteiger partial charge in [0.2, 0.25) is 0 Å². The average Bonchev–Trinajstić information content (AvgIpc) is 2.86. The van der Waals surface area contributed by atoms with Crippen molar-refractivity contribution in [2.45, 2.75) is 205 Å². The van der Waals surface area contributed by atoms with Crippen LogP contribution in [0.3, 0.4) is 0 Å². The molecule has 2 fully saturated rings. The summed E-state index contributed by atoms with van der Waals surface area (Å²) in [5, 5.41) is 0. The second-order valence-corrected chi connectivity index (χ2v) is 24.8. The van der Waals surface area contributed by atoms with Crippen molar-refractivity contribution in [3.8, 4) is 33.4 Å². The van der Waals surface area contributed by atoms with Crippen molar-refractivity contribution in [1.29, 1.82) is 0 Å². The zero-order valence-corrected chi connectivity index (χ0v) is 50.3. The van der Waals surface area contributed by atoms with Crippen LogP contribution in [0.5, 0.6) is 0 Å². The maximum absolute atomic E-state index is 2.70. The Balaban J connectivity index is 1.12. The first-order valence-electron chi connectivity index (χ1n) is 32.6. The molecule has 3 aliphatic rings. The van der Waals surface area contributed by atoms with Crippen LogP contribution in [0.4, 0.5) is 17.1 Å². The Hall–Kier alpha value is -6.44. The van der Waals surface area contributed by atoms with E-state index in [-0.39, 0.29) is 0 Å². The Labute approximate surface area is 489 Å². The zero-order valence-electron chi connectivity index (χ0n) is 50.3. The summed E-state index contributed by atoms with van der Waals surface area (Å²) in [6.07, 6.45) is 25.4. The third-order valence-corrected chi connectivity index (χ3v) is 20.0. The predicted molar refractivity (Wildman–Crippen MR) is 349 cm³/mol. The molecule has 0 spiro atoms. The molecule has 0 saturated heterocycles. The molecule has 0 N–H and O–H groups in total. The Morgan fingerprint density at radius 1 is 0.407 bits per heavy atom. The topological polar surface area (TPSA) is 3.24 Å². The SMILES string of the molecule is CCCCC(CC)c1cc(C(CC)CCC)c(-c2ccc(N(c3ccc4c(c3)C(c3ccc(C5CCCCC5)cc3)(c3ccc(C5CCCCC5)cc3)c3ccccc3-4)c3ccccc3-c3ccccc3)cc2)c(C(CC)CCC)c1. The lowest BCUT2D eigenvalue weighted by molar-refractivity contribution is 0.443. The van der Waals surface area contributed by atoms with Crippen LogP contribution in [-0.2, 0) is 5.41 Å². The molecular formula is C80H93N. The molecule has 0 bridgehead atoms. The summed E-state index contributed by atoms with van der Waals surface area (Å²) in [7, 11) is 0. The smallest absolute Gasteiger partial charge is 0.0714 e. The lowest BCUT2D eigenvalue weighted by Gasteiger charge is -2.36. The van der Waals surface area contributed by atoms with Crippen LogP contribution in [-0.4, -0.2) is 0 Å². The normalized spacial score (nSPS) is 16.4. The molecule has 8 aromatic rings. The van der Waals surface area contributed by atoms with Crippen molar-refractivity contribution >= 4 is 17.1 Å². The number of unbranched alkanes of at least 4 members (excludes halogenated alkanes) is 1. The average molecular weight is 1070 g/mol. The maximum Gasteiger partial charge on any atom is 0.0714 e. The highest BCUT2D eigenvalue weighted by Crippen LogP contribution is 2.58. The number of hydrogen-bond acceptors (Lipinski definition) is 1. The molecule has 0 aromatic heterocycles. The lowest BCUT2D eigenvalue weighted by Crippen LogP contribution is -2.29. The second-order valence-electron chi connectivity index (χ2n) is 24.8. The minimum atomic E-state index is -0.526. The summed E-state index contributed by atoms with van der Waals surface area (Å²) in [6, 6.07) is 72.4. The number of nitrogens with zero attached hydrogens (tertiary/aromatic N) is 1. The van der Waals surface area contributed by atoms with E-state index in [0.717, 1.165) is 12.8 Å². The Kier molecular flexibility index (Phi) is 18.3. The molecule has 0 aliphatic heterocycles. The van der Waals surface area contributed by atoms with Gasteiger partial charge in [0.25, 0.3) is 0 Å². The van der Waals surface area contributed by atoms with Crippen molar-refractivity contribution in [3.63, 3.8) is 0 Å². The monoisotopic (exact) mass is 1070 g/mol. The molecule has 81 heavy (non-hydrogen) atoms. The van der Waals surface area contributed by atoms with Crippen LogP contribution < -0.4 is 4.90 Å². The van der Waals surface area contributed by atoms with E-state index in [2.05, 4.69) is 228 Å². The molecule has 3 unspecified atom stereocenters. The third-order valence-electron chi connectivity index (χ3n) is 20.0. The van der Waals surface area contributed by atoms with Crippen LogP contribution in [0.15, 0.2) is 182 Å².